The molecular weight excluding hydrogens is 140 g/mol. The summed E-state index contributed by atoms with van der Waals surface area (Å²) in [6.45, 7) is 0.524. The zero-order valence-corrected chi connectivity index (χ0v) is 6.42. The molecule has 0 aliphatic rings. The summed E-state index contributed by atoms with van der Waals surface area (Å²) in [5.41, 5.74) is 0.727. The molecule has 0 atom stereocenters. The van der Waals surface area contributed by atoms with Gasteiger partial charge in [-0.3, -0.25) is 0 Å². The molecule has 0 saturated carbocycles. The molecule has 0 bridgehead atoms. The number of benzene rings is 1. The molecule has 1 aromatic carbocycles. The Morgan fingerprint density at radius 3 is 3.09 bits per heavy atom. The number of aromatic hydroxyl groups is 1. The van der Waals surface area contributed by atoms with E-state index < -0.39 is 0 Å². The van der Waals surface area contributed by atoms with Crippen molar-refractivity contribution in [3.8, 4) is 5.75 Å². The van der Waals surface area contributed by atoms with Crippen LogP contribution in [0.2, 0.25) is 0 Å². The molecule has 0 aliphatic carbocycles. The lowest BCUT2D eigenvalue weighted by Gasteiger charge is -1.99. The van der Waals surface area contributed by atoms with Crippen LogP contribution >= 0.6 is 0 Å². The molecule has 60 valence electrons. The van der Waals surface area contributed by atoms with E-state index in [-0.39, 0.29) is 17.8 Å². The summed E-state index contributed by atoms with van der Waals surface area (Å²) in [5, 5.41) is 9.11. The first-order chi connectivity index (χ1) is 6.16. The summed E-state index contributed by atoms with van der Waals surface area (Å²) in [5.74, 6) is -0.147. The average Bonchev–Trinajstić information content (AvgIpc) is 2.13. The van der Waals surface area contributed by atoms with Gasteiger partial charge in [-0.25, -0.2) is 0 Å². The summed E-state index contributed by atoms with van der Waals surface area (Å²) < 4.78 is 19.7. The highest BCUT2D eigenvalue weighted by Gasteiger charge is 1.91. The first kappa shape index (κ1) is 5.61. The SMILES string of the molecule is [2H]c1c(O)ccc(CCOC)c1[2H]. The van der Waals surface area contributed by atoms with Crippen molar-refractivity contribution < 1.29 is 12.6 Å². The fourth-order valence-corrected chi connectivity index (χ4v) is 0.765. The van der Waals surface area contributed by atoms with E-state index in [9.17, 15) is 0 Å². The Morgan fingerprint density at radius 2 is 2.36 bits per heavy atom. The molecule has 1 N–H and O–H groups in total. The fraction of sp³-hybridized carbons (Fsp3) is 0.333. The molecule has 0 saturated heterocycles. The number of rotatable bonds is 3. The van der Waals surface area contributed by atoms with Crippen LogP contribution in [-0.2, 0) is 11.2 Å². The lowest BCUT2D eigenvalue weighted by molar-refractivity contribution is 0.202. The first-order valence-electron chi connectivity index (χ1n) is 4.43. The van der Waals surface area contributed by atoms with Gasteiger partial charge in [0.05, 0.1) is 9.35 Å². The molecule has 0 aliphatic heterocycles. The Hall–Kier alpha value is -1.02. The summed E-state index contributed by atoms with van der Waals surface area (Å²) in [6.07, 6.45) is 0.599. The monoisotopic (exact) mass is 154 g/mol. The molecule has 2 nitrogen and oxygen atoms in total. The fourth-order valence-electron chi connectivity index (χ4n) is 0.765. The Kier molecular flexibility index (Phi) is 2.03. The van der Waals surface area contributed by atoms with Gasteiger partial charge in [-0.15, -0.1) is 0 Å². The van der Waals surface area contributed by atoms with Crippen LogP contribution < -0.4 is 0 Å². The van der Waals surface area contributed by atoms with Gasteiger partial charge in [-0.2, -0.15) is 0 Å². The average molecular weight is 154 g/mol. The molecule has 0 amide bonds. The second kappa shape index (κ2) is 3.98. The van der Waals surface area contributed by atoms with E-state index in [1.54, 1.807) is 13.2 Å². The van der Waals surface area contributed by atoms with Crippen LogP contribution in [0, 0.1) is 0 Å². The van der Waals surface area contributed by atoms with Gasteiger partial charge in [0.1, 0.15) is 5.75 Å². The molecule has 0 aromatic heterocycles. The minimum atomic E-state index is -0.147. The maximum atomic E-state index is 9.11. The number of methoxy groups -OCH3 is 1. The summed E-state index contributed by atoms with van der Waals surface area (Å²) in [7, 11) is 1.59. The van der Waals surface area contributed by atoms with Crippen molar-refractivity contribution in [2.45, 2.75) is 6.42 Å². The maximum Gasteiger partial charge on any atom is 0.115 e. The quantitative estimate of drug-likeness (QED) is 0.716. The molecule has 11 heavy (non-hydrogen) atoms. The molecule has 0 fully saturated rings. The third-order valence-electron chi connectivity index (χ3n) is 1.37. The zero-order valence-electron chi connectivity index (χ0n) is 8.42. The van der Waals surface area contributed by atoms with Gasteiger partial charge in [0.25, 0.3) is 0 Å². The standard InChI is InChI=1S/C9H12O2/c1-11-7-6-8-2-4-9(10)5-3-8/h2-5,10H,6-7H2,1H3/i2D,4D. The van der Waals surface area contributed by atoms with Gasteiger partial charge < -0.3 is 9.84 Å². The first-order valence-corrected chi connectivity index (χ1v) is 3.43. The van der Waals surface area contributed by atoms with Crippen LogP contribution in [0.3, 0.4) is 0 Å². The Balaban J connectivity index is 2.90. The number of phenols is 1. The van der Waals surface area contributed by atoms with Crippen LogP contribution in [0.4, 0.5) is 0 Å². The van der Waals surface area contributed by atoms with E-state index >= 15 is 0 Å². The molecule has 0 radical (unpaired) electrons. The maximum absolute atomic E-state index is 9.11. The van der Waals surface area contributed by atoms with Crippen molar-refractivity contribution in [1.29, 1.82) is 0 Å². The van der Waals surface area contributed by atoms with Gasteiger partial charge in [0.15, 0.2) is 0 Å². The van der Waals surface area contributed by atoms with E-state index in [1.165, 1.54) is 6.07 Å². The normalized spacial score (nSPS) is 12.5. The number of ether oxygens (including phenoxy) is 1. The lowest BCUT2D eigenvalue weighted by atomic mass is 10.1. The van der Waals surface area contributed by atoms with Crippen LogP contribution in [-0.4, -0.2) is 18.8 Å². The number of hydrogen-bond donors (Lipinski definition) is 1. The smallest absolute Gasteiger partial charge is 0.115 e. The lowest BCUT2D eigenvalue weighted by Crippen LogP contribution is -1.93. The van der Waals surface area contributed by atoms with E-state index in [1.807, 2.05) is 0 Å². The number of phenolic OH excluding ortho intramolecular Hbond substituents is 1. The van der Waals surface area contributed by atoms with E-state index in [4.69, 9.17) is 12.6 Å². The van der Waals surface area contributed by atoms with Crippen LogP contribution in [0.25, 0.3) is 0 Å². The molecule has 2 heteroatoms. The zero-order chi connectivity index (χ0) is 9.84. The van der Waals surface area contributed by atoms with Crippen LogP contribution in [0.1, 0.15) is 8.30 Å². The minimum absolute atomic E-state index is 0.0806. The van der Waals surface area contributed by atoms with Gasteiger partial charge in [0.2, 0.25) is 0 Å². The number of hydrogen-bond acceptors (Lipinski definition) is 2. The van der Waals surface area contributed by atoms with E-state index in [0.29, 0.717) is 13.0 Å². The highest BCUT2D eigenvalue weighted by atomic mass is 16.5. The largest absolute Gasteiger partial charge is 0.508 e. The van der Waals surface area contributed by atoms with Crippen molar-refractivity contribution in [1.82, 2.24) is 0 Å². The van der Waals surface area contributed by atoms with Gasteiger partial charge in [0, 0.05) is 7.11 Å². The second-order valence-corrected chi connectivity index (χ2v) is 2.24. The molecule has 0 spiro atoms. The summed E-state index contributed by atoms with van der Waals surface area (Å²) in [4.78, 5) is 0. The van der Waals surface area contributed by atoms with E-state index in [0.717, 1.165) is 5.56 Å². The molecular formula is C9H12O2. The molecule has 0 unspecified atom stereocenters. The summed E-state index contributed by atoms with van der Waals surface area (Å²) >= 11 is 0. The molecule has 0 heterocycles. The van der Waals surface area contributed by atoms with Crippen molar-refractivity contribution >= 4 is 0 Å². The van der Waals surface area contributed by atoms with Crippen LogP contribution in [0.5, 0.6) is 5.75 Å². The van der Waals surface area contributed by atoms with Gasteiger partial charge >= 0.3 is 0 Å². The third-order valence-corrected chi connectivity index (χ3v) is 1.37. The molecule has 1 aromatic rings. The molecule has 1 rings (SSSR count). The van der Waals surface area contributed by atoms with Crippen molar-refractivity contribution in [3.63, 3.8) is 0 Å². The Bertz CT molecular complexity index is 300. The van der Waals surface area contributed by atoms with Gasteiger partial charge in [-0.05, 0) is 24.1 Å². The topological polar surface area (TPSA) is 29.5 Å². The van der Waals surface area contributed by atoms with Crippen LogP contribution in [0.15, 0.2) is 24.2 Å². The van der Waals surface area contributed by atoms with E-state index in [2.05, 4.69) is 0 Å². The summed E-state index contributed by atoms with van der Waals surface area (Å²) in [6, 6.07) is 3.05. The predicted octanol–water partition coefficient (Wildman–Crippen LogP) is 1.58. The highest BCUT2D eigenvalue weighted by Crippen LogP contribution is 2.09. The third kappa shape index (κ3) is 2.60. The second-order valence-electron chi connectivity index (χ2n) is 2.24. The minimum Gasteiger partial charge on any atom is -0.508 e. The predicted molar refractivity (Wildman–Crippen MR) is 43.7 cm³/mol. The Morgan fingerprint density at radius 1 is 1.55 bits per heavy atom. The van der Waals surface area contributed by atoms with Crippen molar-refractivity contribution in [2.24, 2.45) is 0 Å². The van der Waals surface area contributed by atoms with Crippen molar-refractivity contribution in [3.05, 3.63) is 29.8 Å². The van der Waals surface area contributed by atoms with Crippen molar-refractivity contribution in [2.75, 3.05) is 13.7 Å². The highest BCUT2D eigenvalue weighted by molar-refractivity contribution is 5.25. The Labute approximate surface area is 69.2 Å². The van der Waals surface area contributed by atoms with Gasteiger partial charge in [-0.1, -0.05) is 12.1 Å².